The van der Waals surface area contributed by atoms with Crippen LogP contribution < -0.4 is 15.9 Å². The first-order valence-electron chi connectivity index (χ1n) is 6.20. The second kappa shape index (κ2) is 7.04. The summed E-state index contributed by atoms with van der Waals surface area (Å²) in [7, 11) is 0. The minimum atomic E-state index is -0.736. The number of hydrogen-bond donors (Lipinski definition) is 2. The molecule has 108 valence electrons. The number of hydrazone groups is 1. The summed E-state index contributed by atoms with van der Waals surface area (Å²) in [6, 6.07) is 12.5. The number of nitrogens with one attached hydrogen (secondary N) is 1. The average Bonchev–Trinajstić information content (AvgIpc) is 2.46. The van der Waals surface area contributed by atoms with E-state index in [2.05, 4.69) is 10.5 Å². The van der Waals surface area contributed by atoms with Crippen molar-refractivity contribution in [1.29, 1.82) is 0 Å². The number of nitrogens with zero attached hydrogens (tertiary/aromatic N) is 1. The van der Waals surface area contributed by atoms with E-state index in [9.17, 15) is 9.18 Å². The third-order valence-corrected chi connectivity index (χ3v) is 2.62. The lowest BCUT2D eigenvalue weighted by Crippen LogP contribution is -2.24. The summed E-state index contributed by atoms with van der Waals surface area (Å²) in [5.41, 5.74) is 8.65. The van der Waals surface area contributed by atoms with Gasteiger partial charge in [-0.25, -0.2) is 14.6 Å². The van der Waals surface area contributed by atoms with Crippen LogP contribution in [0.1, 0.15) is 11.1 Å². The molecule has 0 radical (unpaired) electrons. The lowest BCUT2D eigenvalue weighted by Gasteiger charge is -2.08. The average molecular weight is 287 g/mol. The summed E-state index contributed by atoms with van der Waals surface area (Å²) in [6.07, 6.45) is 1.47. The highest BCUT2D eigenvalue weighted by Crippen LogP contribution is 2.15. The molecule has 2 rings (SSSR count). The second-order valence-electron chi connectivity index (χ2n) is 4.18. The fourth-order valence-corrected chi connectivity index (χ4v) is 1.67. The van der Waals surface area contributed by atoms with Gasteiger partial charge in [-0.1, -0.05) is 30.3 Å². The predicted octanol–water partition coefficient (Wildman–Crippen LogP) is 2.41. The Labute approximate surface area is 121 Å². The van der Waals surface area contributed by atoms with Gasteiger partial charge in [0, 0.05) is 11.6 Å². The first-order valence-corrected chi connectivity index (χ1v) is 6.20. The number of nitrogens with two attached hydrogens (primary N) is 1. The summed E-state index contributed by atoms with van der Waals surface area (Å²) in [5, 5.41) is 3.71. The number of urea groups is 1. The number of carbonyl (C=O) groups excluding carboxylic acids is 1. The van der Waals surface area contributed by atoms with Crippen molar-refractivity contribution in [2.45, 2.75) is 6.61 Å². The van der Waals surface area contributed by atoms with Gasteiger partial charge >= 0.3 is 6.03 Å². The van der Waals surface area contributed by atoms with Crippen LogP contribution in [0.3, 0.4) is 0 Å². The summed E-state index contributed by atoms with van der Waals surface area (Å²) in [5.74, 6) is 0.0880. The van der Waals surface area contributed by atoms with Crippen LogP contribution in [-0.4, -0.2) is 12.2 Å². The topological polar surface area (TPSA) is 76.7 Å². The Bertz CT molecular complexity index is 659. The Morgan fingerprint density at radius 1 is 1.29 bits per heavy atom. The van der Waals surface area contributed by atoms with E-state index in [0.29, 0.717) is 5.75 Å². The van der Waals surface area contributed by atoms with Gasteiger partial charge in [0.15, 0.2) is 0 Å². The Hall–Kier alpha value is -2.89. The van der Waals surface area contributed by atoms with Crippen LogP contribution >= 0.6 is 0 Å². The van der Waals surface area contributed by atoms with E-state index in [1.165, 1.54) is 18.3 Å². The van der Waals surface area contributed by atoms with E-state index < -0.39 is 6.03 Å². The van der Waals surface area contributed by atoms with Crippen molar-refractivity contribution in [2.75, 3.05) is 0 Å². The molecule has 2 amide bonds. The largest absolute Gasteiger partial charge is 0.489 e. The quantitative estimate of drug-likeness (QED) is 0.654. The first kappa shape index (κ1) is 14.5. The van der Waals surface area contributed by atoms with Gasteiger partial charge in [-0.2, -0.15) is 5.10 Å². The number of halogens is 1. The number of amides is 2. The van der Waals surface area contributed by atoms with Crippen LogP contribution in [-0.2, 0) is 6.61 Å². The van der Waals surface area contributed by atoms with Gasteiger partial charge in [0.2, 0.25) is 0 Å². The zero-order valence-corrected chi connectivity index (χ0v) is 11.1. The molecule has 0 atom stereocenters. The summed E-state index contributed by atoms with van der Waals surface area (Å²) >= 11 is 0. The van der Waals surface area contributed by atoms with Gasteiger partial charge in [0.25, 0.3) is 0 Å². The SMILES string of the molecule is NC(=O)NN=Cc1ccccc1COc1cccc(F)c1. The molecule has 0 heterocycles. The molecule has 0 aliphatic carbocycles. The van der Waals surface area contributed by atoms with Crippen molar-refractivity contribution in [3.05, 3.63) is 65.5 Å². The van der Waals surface area contributed by atoms with Gasteiger partial charge in [-0.3, -0.25) is 0 Å². The van der Waals surface area contributed by atoms with E-state index in [0.717, 1.165) is 11.1 Å². The summed E-state index contributed by atoms with van der Waals surface area (Å²) < 4.78 is 18.6. The molecule has 2 aromatic rings. The van der Waals surface area contributed by atoms with Gasteiger partial charge in [0.1, 0.15) is 18.2 Å². The van der Waals surface area contributed by atoms with E-state index >= 15 is 0 Å². The normalized spacial score (nSPS) is 10.5. The molecular formula is C15H14FN3O2. The molecule has 0 aliphatic heterocycles. The molecule has 0 saturated heterocycles. The zero-order chi connectivity index (χ0) is 15.1. The highest BCUT2D eigenvalue weighted by Gasteiger charge is 2.02. The maximum Gasteiger partial charge on any atom is 0.332 e. The number of ether oxygens (including phenoxy) is 1. The van der Waals surface area contributed by atoms with E-state index in [-0.39, 0.29) is 12.4 Å². The predicted molar refractivity (Wildman–Crippen MR) is 77.5 cm³/mol. The molecule has 5 nitrogen and oxygen atoms in total. The molecule has 0 saturated carbocycles. The van der Waals surface area contributed by atoms with Crippen LogP contribution in [0.4, 0.5) is 9.18 Å². The lowest BCUT2D eigenvalue weighted by molar-refractivity contribution is 0.249. The molecule has 6 heteroatoms. The van der Waals surface area contributed by atoms with Crippen LogP contribution in [0.25, 0.3) is 0 Å². The van der Waals surface area contributed by atoms with Crippen LogP contribution in [0.15, 0.2) is 53.6 Å². The smallest absolute Gasteiger partial charge is 0.332 e. The van der Waals surface area contributed by atoms with Crippen LogP contribution in [0, 0.1) is 5.82 Å². The Morgan fingerprint density at radius 2 is 2.10 bits per heavy atom. The van der Waals surface area contributed by atoms with Crippen LogP contribution in [0.5, 0.6) is 5.75 Å². The Balaban J connectivity index is 2.06. The van der Waals surface area contributed by atoms with E-state index in [4.69, 9.17) is 10.5 Å². The molecule has 0 spiro atoms. The minimum absolute atomic E-state index is 0.252. The van der Waals surface area contributed by atoms with Gasteiger partial charge in [-0.15, -0.1) is 0 Å². The van der Waals surface area contributed by atoms with Crippen molar-refractivity contribution in [2.24, 2.45) is 10.8 Å². The summed E-state index contributed by atoms with van der Waals surface area (Å²) in [6.45, 7) is 0.252. The molecule has 0 fully saturated rings. The van der Waals surface area contributed by atoms with E-state index in [1.54, 1.807) is 12.1 Å². The fourth-order valence-electron chi connectivity index (χ4n) is 1.67. The molecule has 2 aromatic carbocycles. The molecule has 21 heavy (non-hydrogen) atoms. The number of benzene rings is 2. The Morgan fingerprint density at radius 3 is 2.86 bits per heavy atom. The molecule has 0 aromatic heterocycles. The number of rotatable bonds is 5. The first-order chi connectivity index (χ1) is 10.1. The highest BCUT2D eigenvalue weighted by atomic mass is 19.1. The zero-order valence-electron chi connectivity index (χ0n) is 11.1. The number of carbonyl (C=O) groups is 1. The highest BCUT2D eigenvalue weighted by molar-refractivity contribution is 5.83. The van der Waals surface area contributed by atoms with Crippen molar-refractivity contribution in [1.82, 2.24) is 5.43 Å². The standard InChI is InChI=1S/C15H14FN3O2/c16-13-6-3-7-14(8-13)21-10-12-5-2-1-4-11(12)9-18-19-15(17)20/h1-9H,10H2,(H3,17,19,20). The molecular weight excluding hydrogens is 273 g/mol. The fraction of sp³-hybridized carbons (Fsp3) is 0.0667. The maximum atomic E-state index is 13.1. The van der Waals surface area contributed by atoms with Crippen molar-refractivity contribution in [3.8, 4) is 5.75 Å². The van der Waals surface area contributed by atoms with E-state index in [1.807, 2.05) is 24.3 Å². The van der Waals surface area contributed by atoms with Gasteiger partial charge in [0.05, 0.1) is 6.21 Å². The Kier molecular flexibility index (Phi) is 4.87. The van der Waals surface area contributed by atoms with Crippen molar-refractivity contribution < 1.29 is 13.9 Å². The molecule has 0 bridgehead atoms. The number of hydrogen-bond acceptors (Lipinski definition) is 3. The molecule has 0 aliphatic rings. The van der Waals surface area contributed by atoms with Gasteiger partial charge < -0.3 is 10.5 Å². The van der Waals surface area contributed by atoms with Crippen molar-refractivity contribution >= 4 is 12.2 Å². The number of primary amides is 1. The lowest BCUT2D eigenvalue weighted by atomic mass is 10.1. The molecule has 0 unspecified atom stereocenters. The third-order valence-electron chi connectivity index (χ3n) is 2.62. The van der Waals surface area contributed by atoms with Crippen LogP contribution in [0.2, 0.25) is 0 Å². The monoisotopic (exact) mass is 287 g/mol. The van der Waals surface area contributed by atoms with Crippen molar-refractivity contribution in [3.63, 3.8) is 0 Å². The molecule has 3 N–H and O–H groups in total. The minimum Gasteiger partial charge on any atom is -0.489 e. The maximum absolute atomic E-state index is 13.1. The summed E-state index contributed by atoms with van der Waals surface area (Å²) in [4.78, 5) is 10.6. The second-order valence-corrected chi connectivity index (χ2v) is 4.18. The van der Waals surface area contributed by atoms with Gasteiger partial charge in [-0.05, 0) is 17.7 Å². The third kappa shape index (κ3) is 4.61.